The summed E-state index contributed by atoms with van der Waals surface area (Å²) >= 11 is 5.77. The van der Waals surface area contributed by atoms with Gasteiger partial charge in [-0.15, -0.1) is 0 Å². The molecule has 3 aromatic rings. The molecule has 0 aliphatic heterocycles. The van der Waals surface area contributed by atoms with E-state index in [1.54, 1.807) is 24.3 Å². The zero-order valence-electron chi connectivity index (χ0n) is 13.0. The van der Waals surface area contributed by atoms with Gasteiger partial charge in [-0.3, -0.25) is 9.59 Å². The van der Waals surface area contributed by atoms with Crippen LogP contribution in [0.4, 0.5) is 10.1 Å². The zero-order valence-corrected chi connectivity index (χ0v) is 13.7. The van der Waals surface area contributed by atoms with Crippen LogP contribution in [0.3, 0.4) is 0 Å². The maximum absolute atomic E-state index is 13.4. The quantitative estimate of drug-likeness (QED) is 0.653. The first-order chi connectivity index (χ1) is 12.0. The van der Waals surface area contributed by atoms with Gasteiger partial charge in [0.2, 0.25) is 11.2 Å². The van der Waals surface area contributed by atoms with Gasteiger partial charge in [0, 0.05) is 18.5 Å². The molecule has 3 N–H and O–H groups in total. The largest absolute Gasteiger partial charge is 0.352 e. The standard InChI is InChI=1S/C17H14ClFN4O2/c18-17-22-13-6-5-10(9-14(13)23-17)16(25)20-8-7-15(24)21-12-4-2-1-3-11(12)19/h1-6,9H,7-8H2,(H,20,25)(H,21,24)(H,22,23). The third-order valence-electron chi connectivity index (χ3n) is 3.50. The molecule has 25 heavy (non-hydrogen) atoms. The van der Waals surface area contributed by atoms with Gasteiger partial charge in [0.25, 0.3) is 5.91 Å². The molecule has 0 saturated carbocycles. The van der Waals surface area contributed by atoms with E-state index in [0.29, 0.717) is 16.6 Å². The molecule has 0 fully saturated rings. The average Bonchev–Trinajstić information content (AvgIpc) is 2.96. The van der Waals surface area contributed by atoms with Crippen molar-refractivity contribution in [1.82, 2.24) is 15.3 Å². The van der Waals surface area contributed by atoms with Crippen molar-refractivity contribution in [2.24, 2.45) is 0 Å². The van der Waals surface area contributed by atoms with Crippen LogP contribution < -0.4 is 10.6 Å². The summed E-state index contributed by atoms with van der Waals surface area (Å²) in [6, 6.07) is 10.8. The number of H-pyrrole nitrogens is 1. The number of benzene rings is 2. The van der Waals surface area contributed by atoms with Crippen molar-refractivity contribution in [3.63, 3.8) is 0 Å². The minimum atomic E-state index is -0.508. The number of anilines is 1. The molecular formula is C17H14ClFN4O2. The molecule has 0 bridgehead atoms. The molecule has 0 spiro atoms. The highest BCUT2D eigenvalue weighted by Crippen LogP contribution is 2.16. The van der Waals surface area contributed by atoms with Gasteiger partial charge in [-0.2, -0.15) is 0 Å². The van der Waals surface area contributed by atoms with Crippen molar-refractivity contribution in [2.75, 3.05) is 11.9 Å². The summed E-state index contributed by atoms with van der Waals surface area (Å²) in [6.45, 7) is 0.126. The molecule has 0 unspecified atom stereocenters. The topological polar surface area (TPSA) is 86.9 Å². The SMILES string of the molecule is O=C(CCNC(=O)c1ccc2nc(Cl)[nH]c2c1)Nc1ccccc1F. The normalized spacial score (nSPS) is 10.6. The summed E-state index contributed by atoms with van der Waals surface area (Å²) in [5.41, 5.74) is 1.84. The maximum atomic E-state index is 13.4. The number of rotatable bonds is 5. The lowest BCUT2D eigenvalue weighted by molar-refractivity contribution is -0.116. The molecule has 8 heteroatoms. The number of carbonyl (C=O) groups excluding carboxylic acids is 2. The summed E-state index contributed by atoms with van der Waals surface area (Å²) in [4.78, 5) is 30.8. The highest BCUT2D eigenvalue weighted by molar-refractivity contribution is 6.29. The van der Waals surface area contributed by atoms with Crippen molar-refractivity contribution < 1.29 is 14.0 Å². The minimum absolute atomic E-state index is 0.0260. The number of nitrogens with zero attached hydrogens (tertiary/aromatic N) is 1. The molecule has 0 radical (unpaired) electrons. The van der Waals surface area contributed by atoms with Crippen molar-refractivity contribution in [2.45, 2.75) is 6.42 Å². The van der Waals surface area contributed by atoms with Crippen molar-refractivity contribution in [1.29, 1.82) is 0 Å². The maximum Gasteiger partial charge on any atom is 0.251 e. The lowest BCUT2D eigenvalue weighted by Gasteiger charge is -2.07. The summed E-state index contributed by atoms with van der Waals surface area (Å²) in [7, 11) is 0. The average molecular weight is 361 g/mol. The predicted molar refractivity (Wildman–Crippen MR) is 93.1 cm³/mol. The number of carbonyl (C=O) groups is 2. The Morgan fingerprint density at radius 1 is 1.20 bits per heavy atom. The number of aromatic nitrogens is 2. The molecule has 1 heterocycles. The number of hydrogen-bond acceptors (Lipinski definition) is 3. The minimum Gasteiger partial charge on any atom is -0.352 e. The highest BCUT2D eigenvalue weighted by atomic mass is 35.5. The van der Waals surface area contributed by atoms with Crippen LogP contribution in [0.5, 0.6) is 0 Å². The monoisotopic (exact) mass is 360 g/mol. The highest BCUT2D eigenvalue weighted by Gasteiger charge is 2.10. The molecule has 0 aliphatic rings. The van der Waals surface area contributed by atoms with E-state index in [2.05, 4.69) is 20.6 Å². The van der Waals surface area contributed by atoms with Crippen LogP contribution in [0.25, 0.3) is 11.0 Å². The van der Waals surface area contributed by atoms with E-state index in [1.165, 1.54) is 18.2 Å². The van der Waals surface area contributed by atoms with Crippen LogP contribution >= 0.6 is 11.6 Å². The van der Waals surface area contributed by atoms with Gasteiger partial charge < -0.3 is 15.6 Å². The molecule has 6 nitrogen and oxygen atoms in total. The van der Waals surface area contributed by atoms with E-state index in [1.807, 2.05) is 0 Å². The van der Waals surface area contributed by atoms with Crippen LogP contribution in [0.1, 0.15) is 16.8 Å². The third-order valence-corrected chi connectivity index (χ3v) is 3.68. The summed E-state index contributed by atoms with van der Waals surface area (Å²) in [6.07, 6.45) is 0.0260. The molecule has 2 aromatic carbocycles. The summed E-state index contributed by atoms with van der Waals surface area (Å²) < 4.78 is 13.4. The fourth-order valence-corrected chi connectivity index (χ4v) is 2.48. The molecule has 3 rings (SSSR count). The van der Waals surface area contributed by atoms with Crippen LogP contribution in [0.15, 0.2) is 42.5 Å². The number of imidazole rings is 1. The Morgan fingerprint density at radius 3 is 2.80 bits per heavy atom. The molecule has 1 aromatic heterocycles. The Labute approximate surface area is 147 Å². The Morgan fingerprint density at radius 2 is 2.00 bits per heavy atom. The number of fused-ring (bicyclic) bond motifs is 1. The molecule has 2 amide bonds. The van der Waals surface area contributed by atoms with Crippen LogP contribution in [-0.2, 0) is 4.79 Å². The van der Waals surface area contributed by atoms with E-state index in [9.17, 15) is 14.0 Å². The third kappa shape index (κ3) is 4.13. The van der Waals surface area contributed by atoms with Gasteiger partial charge >= 0.3 is 0 Å². The Kier molecular flexibility index (Phi) is 4.95. The van der Waals surface area contributed by atoms with E-state index in [-0.39, 0.29) is 35.8 Å². The molecule has 128 valence electrons. The summed E-state index contributed by atoms with van der Waals surface area (Å²) in [5.74, 6) is -1.22. The van der Waals surface area contributed by atoms with Gasteiger partial charge in [-0.25, -0.2) is 9.37 Å². The number of aromatic amines is 1. The fourth-order valence-electron chi connectivity index (χ4n) is 2.29. The fraction of sp³-hybridized carbons (Fsp3) is 0.118. The molecular weight excluding hydrogens is 347 g/mol. The molecule has 0 aliphatic carbocycles. The van der Waals surface area contributed by atoms with Gasteiger partial charge in [0.05, 0.1) is 16.7 Å². The Hall–Kier alpha value is -2.93. The first-order valence-electron chi connectivity index (χ1n) is 7.51. The van der Waals surface area contributed by atoms with Crippen molar-refractivity contribution in [3.05, 3.63) is 59.1 Å². The van der Waals surface area contributed by atoms with Crippen molar-refractivity contribution >= 4 is 40.1 Å². The van der Waals surface area contributed by atoms with Crippen LogP contribution in [0.2, 0.25) is 5.28 Å². The second-order valence-corrected chi connectivity index (χ2v) is 5.65. The molecule has 0 saturated heterocycles. The second kappa shape index (κ2) is 7.31. The molecule has 0 atom stereocenters. The lowest BCUT2D eigenvalue weighted by atomic mass is 10.2. The first kappa shape index (κ1) is 16.9. The number of amides is 2. The zero-order chi connectivity index (χ0) is 17.8. The van der Waals surface area contributed by atoms with Crippen LogP contribution in [0, 0.1) is 5.82 Å². The van der Waals surface area contributed by atoms with Crippen molar-refractivity contribution in [3.8, 4) is 0 Å². The first-order valence-corrected chi connectivity index (χ1v) is 7.88. The smallest absolute Gasteiger partial charge is 0.251 e. The van der Waals surface area contributed by atoms with E-state index in [4.69, 9.17) is 11.6 Å². The Bertz CT molecular complexity index is 941. The second-order valence-electron chi connectivity index (χ2n) is 5.29. The summed E-state index contributed by atoms with van der Waals surface area (Å²) in [5, 5.41) is 5.35. The van der Waals surface area contributed by atoms with Gasteiger partial charge in [0.1, 0.15) is 5.82 Å². The predicted octanol–water partition coefficient (Wildman–Crippen LogP) is 3.11. The van der Waals surface area contributed by atoms with E-state index < -0.39 is 5.82 Å². The van der Waals surface area contributed by atoms with Gasteiger partial charge in [-0.05, 0) is 41.9 Å². The van der Waals surface area contributed by atoms with Crippen LogP contribution in [-0.4, -0.2) is 28.3 Å². The number of halogens is 2. The number of para-hydroxylation sites is 1. The van der Waals surface area contributed by atoms with Gasteiger partial charge in [0.15, 0.2) is 0 Å². The Balaban J connectivity index is 1.53. The van der Waals surface area contributed by atoms with E-state index in [0.717, 1.165) is 0 Å². The number of nitrogens with one attached hydrogen (secondary N) is 3. The number of hydrogen-bond donors (Lipinski definition) is 3. The lowest BCUT2D eigenvalue weighted by Crippen LogP contribution is -2.27. The van der Waals surface area contributed by atoms with E-state index >= 15 is 0 Å². The van der Waals surface area contributed by atoms with Gasteiger partial charge in [-0.1, -0.05) is 12.1 Å².